The quantitative estimate of drug-likeness (QED) is 0.930. The Morgan fingerprint density at radius 2 is 2.09 bits per heavy atom. The lowest BCUT2D eigenvalue weighted by Gasteiger charge is -2.31. The van der Waals surface area contributed by atoms with Gasteiger partial charge in [0, 0.05) is 31.3 Å². The summed E-state index contributed by atoms with van der Waals surface area (Å²) in [7, 11) is 0.856. The standard InChI is InChI=1S/C14H12F3NO4/c1-22-14(17)11(16)9(15)4-7-10(19)8(13(20)21)5-18(12(7)14)6-2-3-6/h5-6H,2-4H2,1H3,(H,20,21). The normalized spacial score (nSPS) is 24.4. The third-order valence-corrected chi connectivity index (χ3v) is 3.94. The van der Waals surface area contributed by atoms with Gasteiger partial charge in [0.1, 0.15) is 11.4 Å². The maximum atomic E-state index is 14.9. The van der Waals surface area contributed by atoms with E-state index in [0.717, 1.165) is 13.3 Å². The summed E-state index contributed by atoms with van der Waals surface area (Å²) in [6.07, 6.45) is 1.44. The van der Waals surface area contributed by atoms with Gasteiger partial charge >= 0.3 is 11.8 Å². The van der Waals surface area contributed by atoms with Gasteiger partial charge in [-0.05, 0) is 12.8 Å². The monoisotopic (exact) mass is 315 g/mol. The second-order valence-corrected chi connectivity index (χ2v) is 5.34. The van der Waals surface area contributed by atoms with E-state index >= 15 is 0 Å². The number of alkyl halides is 1. The molecule has 2 aliphatic carbocycles. The molecular formula is C14H12F3NO4. The highest BCUT2D eigenvalue weighted by Crippen LogP contribution is 2.47. The predicted molar refractivity (Wildman–Crippen MR) is 68.7 cm³/mol. The molecular weight excluding hydrogens is 303 g/mol. The smallest absolute Gasteiger partial charge is 0.341 e. The number of hydrogen-bond acceptors (Lipinski definition) is 3. The molecule has 3 rings (SSSR count). The summed E-state index contributed by atoms with van der Waals surface area (Å²) >= 11 is 0. The van der Waals surface area contributed by atoms with Crippen LogP contribution < -0.4 is 5.43 Å². The van der Waals surface area contributed by atoms with Crippen molar-refractivity contribution in [3.63, 3.8) is 0 Å². The van der Waals surface area contributed by atoms with Crippen molar-refractivity contribution in [3.8, 4) is 0 Å². The Morgan fingerprint density at radius 3 is 2.59 bits per heavy atom. The molecule has 2 aliphatic rings. The van der Waals surface area contributed by atoms with Crippen LogP contribution in [0.4, 0.5) is 13.2 Å². The van der Waals surface area contributed by atoms with E-state index in [2.05, 4.69) is 4.74 Å². The number of allylic oxidation sites excluding steroid dienone is 1. The summed E-state index contributed by atoms with van der Waals surface area (Å²) in [4.78, 5) is 23.3. The fourth-order valence-electron chi connectivity index (χ4n) is 2.70. The van der Waals surface area contributed by atoms with Crippen molar-refractivity contribution in [2.75, 3.05) is 7.11 Å². The lowest BCUT2D eigenvalue weighted by molar-refractivity contribution is -0.122. The Morgan fingerprint density at radius 1 is 1.45 bits per heavy atom. The molecule has 1 heterocycles. The number of carbonyl (C=O) groups is 1. The van der Waals surface area contributed by atoms with E-state index in [1.165, 1.54) is 4.57 Å². The maximum absolute atomic E-state index is 14.9. The molecule has 0 bridgehead atoms. The summed E-state index contributed by atoms with van der Waals surface area (Å²) in [5, 5.41) is 9.08. The summed E-state index contributed by atoms with van der Waals surface area (Å²) in [5.41, 5.74) is -2.50. The van der Waals surface area contributed by atoms with Crippen LogP contribution in [0.3, 0.4) is 0 Å². The van der Waals surface area contributed by atoms with Gasteiger partial charge in [0.2, 0.25) is 5.83 Å². The van der Waals surface area contributed by atoms with Crippen LogP contribution in [0.15, 0.2) is 22.6 Å². The van der Waals surface area contributed by atoms with Crippen molar-refractivity contribution in [3.05, 3.63) is 44.9 Å². The zero-order valence-electron chi connectivity index (χ0n) is 11.5. The third-order valence-electron chi connectivity index (χ3n) is 3.94. The highest BCUT2D eigenvalue weighted by atomic mass is 19.2. The fourth-order valence-corrected chi connectivity index (χ4v) is 2.70. The minimum Gasteiger partial charge on any atom is -0.477 e. The minimum absolute atomic E-state index is 0.258. The largest absolute Gasteiger partial charge is 0.477 e. The highest BCUT2D eigenvalue weighted by molar-refractivity contribution is 5.87. The first-order chi connectivity index (χ1) is 10.3. The van der Waals surface area contributed by atoms with Crippen LogP contribution in [0, 0.1) is 0 Å². The Hall–Kier alpha value is -2.09. The number of aromatic nitrogens is 1. The number of ether oxygens (including phenoxy) is 1. The summed E-state index contributed by atoms with van der Waals surface area (Å²) in [6.45, 7) is 0. The molecule has 0 spiro atoms. The number of fused-ring (bicyclic) bond motifs is 1. The lowest BCUT2D eigenvalue weighted by atomic mass is 9.93. The Bertz CT molecular complexity index is 766. The number of hydrogen-bond donors (Lipinski definition) is 1. The molecule has 0 radical (unpaired) electrons. The number of carboxylic acid groups (broad SMARTS) is 1. The van der Waals surface area contributed by atoms with E-state index in [1.807, 2.05) is 0 Å². The average Bonchev–Trinajstić information content (AvgIpc) is 3.30. The van der Waals surface area contributed by atoms with E-state index in [0.29, 0.717) is 12.8 Å². The van der Waals surface area contributed by atoms with E-state index in [1.54, 1.807) is 0 Å². The van der Waals surface area contributed by atoms with Crippen molar-refractivity contribution in [1.29, 1.82) is 0 Å². The van der Waals surface area contributed by atoms with E-state index in [9.17, 15) is 22.8 Å². The van der Waals surface area contributed by atoms with Crippen molar-refractivity contribution < 1.29 is 27.8 Å². The summed E-state index contributed by atoms with van der Waals surface area (Å²) in [6, 6.07) is -0.258. The molecule has 1 atom stereocenters. The molecule has 1 fully saturated rings. The van der Waals surface area contributed by atoms with Crippen LogP contribution >= 0.6 is 0 Å². The molecule has 0 amide bonds. The van der Waals surface area contributed by atoms with E-state index in [-0.39, 0.29) is 6.04 Å². The zero-order valence-corrected chi connectivity index (χ0v) is 11.5. The van der Waals surface area contributed by atoms with Crippen LogP contribution in [0.25, 0.3) is 0 Å². The molecule has 1 N–H and O–H groups in total. The molecule has 0 aliphatic heterocycles. The lowest BCUT2D eigenvalue weighted by Crippen LogP contribution is -2.38. The van der Waals surface area contributed by atoms with Gasteiger partial charge in [-0.1, -0.05) is 0 Å². The van der Waals surface area contributed by atoms with Crippen molar-refractivity contribution >= 4 is 5.97 Å². The number of pyridine rings is 1. The van der Waals surface area contributed by atoms with Gasteiger partial charge in [0.05, 0.1) is 5.69 Å². The van der Waals surface area contributed by atoms with Gasteiger partial charge < -0.3 is 14.4 Å². The van der Waals surface area contributed by atoms with Gasteiger partial charge in [0.15, 0.2) is 5.43 Å². The first-order valence-electron chi connectivity index (χ1n) is 6.61. The molecule has 1 unspecified atom stereocenters. The SMILES string of the molecule is COC1(F)C(F)=C(F)Cc2c1n(C1CC1)cc(C(=O)O)c2=O. The number of nitrogens with zero attached hydrogens (tertiary/aromatic N) is 1. The van der Waals surface area contributed by atoms with E-state index in [4.69, 9.17) is 5.11 Å². The van der Waals surface area contributed by atoms with Crippen LogP contribution in [0.2, 0.25) is 0 Å². The maximum Gasteiger partial charge on any atom is 0.341 e. The van der Waals surface area contributed by atoms with Gasteiger partial charge in [-0.25, -0.2) is 13.6 Å². The first kappa shape index (κ1) is 14.8. The zero-order chi connectivity index (χ0) is 16.2. The van der Waals surface area contributed by atoms with Gasteiger partial charge in [-0.3, -0.25) is 4.79 Å². The Balaban J connectivity index is 2.38. The molecule has 5 nitrogen and oxygen atoms in total. The van der Waals surface area contributed by atoms with Crippen LogP contribution in [-0.2, 0) is 17.0 Å². The Kier molecular flexibility index (Phi) is 3.17. The first-order valence-corrected chi connectivity index (χ1v) is 6.61. The number of carboxylic acids is 1. The number of aromatic carboxylic acids is 1. The van der Waals surface area contributed by atoms with Crippen LogP contribution in [0.1, 0.15) is 40.5 Å². The van der Waals surface area contributed by atoms with Crippen molar-refractivity contribution in [1.82, 2.24) is 4.57 Å². The van der Waals surface area contributed by atoms with Crippen molar-refractivity contribution in [2.24, 2.45) is 0 Å². The highest BCUT2D eigenvalue weighted by Gasteiger charge is 2.50. The summed E-state index contributed by atoms with van der Waals surface area (Å²) in [5.74, 6) is -7.94. The molecule has 1 aromatic rings. The molecule has 22 heavy (non-hydrogen) atoms. The number of halogens is 3. The minimum atomic E-state index is -3.23. The predicted octanol–water partition coefficient (Wildman–Crippen LogP) is 2.36. The topological polar surface area (TPSA) is 68.5 Å². The number of methoxy groups -OCH3 is 1. The molecule has 8 heteroatoms. The molecule has 0 saturated heterocycles. The number of rotatable bonds is 3. The van der Waals surface area contributed by atoms with E-state index < -0.39 is 52.1 Å². The van der Waals surface area contributed by atoms with Gasteiger partial charge in [0.25, 0.3) is 0 Å². The molecule has 118 valence electrons. The third kappa shape index (κ3) is 1.90. The second-order valence-electron chi connectivity index (χ2n) is 5.34. The molecule has 0 aromatic carbocycles. The molecule has 1 aromatic heterocycles. The average molecular weight is 315 g/mol. The second kappa shape index (κ2) is 4.70. The molecule has 1 saturated carbocycles. The van der Waals surface area contributed by atoms with Crippen molar-refractivity contribution in [2.45, 2.75) is 31.2 Å². The fraction of sp³-hybridized carbons (Fsp3) is 0.429. The van der Waals surface area contributed by atoms with Gasteiger partial charge in [-0.15, -0.1) is 0 Å². The van der Waals surface area contributed by atoms with Crippen LogP contribution in [0.5, 0.6) is 0 Å². The Labute approximate surface area is 122 Å². The van der Waals surface area contributed by atoms with Crippen LogP contribution in [-0.4, -0.2) is 22.8 Å². The summed E-state index contributed by atoms with van der Waals surface area (Å²) < 4.78 is 48.2. The van der Waals surface area contributed by atoms with Gasteiger partial charge in [-0.2, -0.15) is 4.39 Å².